The average molecular weight is 296 g/mol. The van der Waals surface area contributed by atoms with Gasteiger partial charge in [-0.1, -0.05) is 11.2 Å². The van der Waals surface area contributed by atoms with E-state index >= 15 is 0 Å². The summed E-state index contributed by atoms with van der Waals surface area (Å²) in [7, 11) is 0. The summed E-state index contributed by atoms with van der Waals surface area (Å²) in [6, 6.07) is 7.51. The summed E-state index contributed by atoms with van der Waals surface area (Å²) in [4.78, 5) is 13.2. The van der Waals surface area contributed by atoms with E-state index in [1.54, 1.807) is 12.3 Å². The van der Waals surface area contributed by atoms with Crippen LogP contribution in [0.3, 0.4) is 0 Å². The smallest absolute Gasteiger partial charge is 0.225 e. The molecule has 3 aromatic rings. The van der Waals surface area contributed by atoms with Gasteiger partial charge in [0.25, 0.3) is 0 Å². The lowest BCUT2D eigenvalue weighted by Crippen LogP contribution is -2.09. The molecular weight excluding hydrogens is 280 g/mol. The molecule has 112 valence electrons. The fourth-order valence-corrected chi connectivity index (χ4v) is 1.90. The topological polar surface area (TPSA) is 88.8 Å². The Morgan fingerprint density at radius 3 is 2.77 bits per heavy atom. The maximum atomic E-state index is 4.81. The molecule has 0 radical (unpaired) electrons. The minimum absolute atomic E-state index is 0.541. The molecule has 7 nitrogen and oxygen atoms in total. The summed E-state index contributed by atoms with van der Waals surface area (Å²) >= 11 is 0. The van der Waals surface area contributed by atoms with E-state index in [4.69, 9.17) is 4.52 Å². The normalized spacial score (nSPS) is 10.5. The molecule has 0 atom stereocenters. The molecule has 3 rings (SSSR count). The monoisotopic (exact) mass is 296 g/mol. The van der Waals surface area contributed by atoms with Crippen LogP contribution in [0.5, 0.6) is 0 Å². The van der Waals surface area contributed by atoms with E-state index in [1.165, 1.54) is 6.26 Å². The third kappa shape index (κ3) is 3.20. The molecule has 0 spiro atoms. The fourth-order valence-electron chi connectivity index (χ4n) is 1.90. The lowest BCUT2D eigenvalue weighted by molar-refractivity contribution is 0.423. The Balaban J connectivity index is 1.78. The predicted molar refractivity (Wildman–Crippen MR) is 82.9 cm³/mol. The highest BCUT2D eigenvalue weighted by molar-refractivity contribution is 5.57. The summed E-state index contributed by atoms with van der Waals surface area (Å²) in [5.41, 5.74) is 2.78. The van der Waals surface area contributed by atoms with Crippen molar-refractivity contribution in [3.63, 3.8) is 0 Å². The van der Waals surface area contributed by atoms with Gasteiger partial charge < -0.3 is 15.2 Å². The van der Waals surface area contributed by atoms with Crippen LogP contribution in [-0.2, 0) is 6.54 Å². The highest BCUT2D eigenvalue weighted by Gasteiger charge is 2.09. The van der Waals surface area contributed by atoms with Gasteiger partial charge in [0.1, 0.15) is 12.1 Å². The maximum Gasteiger partial charge on any atom is 0.225 e. The van der Waals surface area contributed by atoms with Gasteiger partial charge in [0.2, 0.25) is 5.95 Å². The molecule has 0 aromatic carbocycles. The molecule has 0 saturated carbocycles. The van der Waals surface area contributed by atoms with E-state index in [0.29, 0.717) is 24.1 Å². The zero-order valence-corrected chi connectivity index (χ0v) is 12.4. The molecule has 3 heterocycles. The zero-order chi connectivity index (χ0) is 15.4. The number of aromatic nitrogens is 4. The molecular formula is C15H16N6O. The Hall–Kier alpha value is -2.96. The van der Waals surface area contributed by atoms with Gasteiger partial charge in [-0.3, -0.25) is 4.98 Å². The third-order valence-corrected chi connectivity index (χ3v) is 3.23. The molecule has 0 saturated heterocycles. The molecule has 0 aliphatic rings. The average Bonchev–Trinajstić information content (AvgIpc) is 3.04. The van der Waals surface area contributed by atoms with Gasteiger partial charge >= 0.3 is 0 Å². The molecule has 0 unspecified atom stereocenters. The quantitative estimate of drug-likeness (QED) is 0.748. The molecule has 0 amide bonds. The molecule has 0 aliphatic heterocycles. The van der Waals surface area contributed by atoms with Crippen molar-refractivity contribution in [2.24, 2.45) is 0 Å². The van der Waals surface area contributed by atoms with Crippen LogP contribution >= 0.6 is 0 Å². The number of hydrogen-bond acceptors (Lipinski definition) is 7. The SMILES string of the molecule is Cc1nc(NCc2ccccn2)nc(Nc2ccon2)c1C. The number of nitrogens with zero attached hydrogens (tertiary/aromatic N) is 4. The van der Waals surface area contributed by atoms with E-state index in [1.807, 2.05) is 32.0 Å². The molecule has 0 fully saturated rings. The summed E-state index contributed by atoms with van der Waals surface area (Å²) in [5.74, 6) is 1.85. The van der Waals surface area contributed by atoms with Gasteiger partial charge in [-0.2, -0.15) is 4.98 Å². The van der Waals surface area contributed by atoms with Crippen molar-refractivity contribution in [1.82, 2.24) is 20.1 Å². The van der Waals surface area contributed by atoms with Gasteiger partial charge in [-0.25, -0.2) is 4.98 Å². The van der Waals surface area contributed by atoms with Crippen molar-refractivity contribution in [1.29, 1.82) is 0 Å². The second-order valence-electron chi connectivity index (χ2n) is 4.79. The molecule has 7 heteroatoms. The van der Waals surface area contributed by atoms with Crippen molar-refractivity contribution in [3.8, 4) is 0 Å². The van der Waals surface area contributed by atoms with Crippen molar-refractivity contribution in [3.05, 3.63) is 53.7 Å². The Morgan fingerprint density at radius 1 is 1.14 bits per heavy atom. The van der Waals surface area contributed by atoms with Crippen LogP contribution in [0, 0.1) is 13.8 Å². The van der Waals surface area contributed by atoms with Crippen LogP contribution in [0.4, 0.5) is 17.6 Å². The van der Waals surface area contributed by atoms with Gasteiger partial charge in [0.15, 0.2) is 5.82 Å². The standard InChI is InChI=1S/C15H16N6O/c1-10-11(2)18-15(17-9-12-5-3-4-7-16-12)20-14(10)19-13-6-8-22-21-13/h3-8H,9H2,1-2H3,(H2,17,18,19,20,21). The first-order valence-corrected chi connectivity index (χ1v) is 6.89. The second kappa shape index (κ2) is 6.21. The number of anilines is 3. The zero-order valence-electron chi connectivity index (χ0n) is 12.4. The highest BCUT2D eigenvalue weighted by atomic mass is 16.5. The van der Waals surface area contributed by atoms with Gasteiger partial charge in [-0.05, 0) is 26.0 Å². The summed E-state index contributed by atoms with van der Waals surface area (Å²) in [5, 5.41) is 10.1. The lowest BCUT2D eigenvalue weighted by Gasteiger charge is -2.11. The molecule has 0 bridgehead atoms. The van der Waals surface area contributed by atoms with Crippen LogP contribution in [0.2, 0.25) is 0 Å². The van der Waals surface area contributed by atoms with Crippen molar-refractivity contribution < 1.29 is 4.52 Å². The van der Waals surface area contributed by atoms with Crippen LogP contribution < -0.4 is 10.6 Å². The highest BCUT2D eigenvalue weighted by Crippen LogP contribution is 2.20. The minimum Gasteiger partial charge on any atom is -0.363 e. The fraction of sp³-hybridized carbons (Fsp3) is 0.200. The van der Waals surface area contributed by atoms with E-state index in [2.05, 4.69) is 30.7 Å². The first-order chi connectivity index (χ1) is 10.7. The summed E-state index contributed by atoms with van der Waals surface area (Å²) in [6.45, 7) is 4.46. The van der Waals surface area contributed by atoms with Crippen molar-refractivity contribution in [2.75, 3.05) is 10.6 Å². The number of nitrogens with one attached hydrogen (secondary N) is 2. The lowest BCUT2D eigenvalue weighted by atomic mass is 10.2. The summed E-state index contributed by atoms with van der Waals surface area (Å²) in [6.07, 6.45) is 3.27. The minimum atomic E-state index is 0.541. The van der Waals surface area contributed by atoms with E-state index < -0.39 is 0 Å². The largest absolute Gasteiger partial charge is 0.363 e. The third-order valence-electron chi connectivity index (χ3n) is 3.23. The summed E-state index contributed by atoms with van der Waals surface area (Å²) < 4.78 is 4.81. The van der Waals surface area contributed by atoms with Crippen LogP contribution in [0.1, 0.15) is 17.0 Å². The Labute approximate surface area is 127 Å². The Morgan fingerprint density at radius 2 is 2.05 bits per heavy atom. The Kier molecular flexibility index (Phi) is 3.95. The van der Waals surface area contributed by atoms with Crippen LogP contribution in [0.15, 0.2) is 41.2 Å². The maximum absolute atomic E-state index is 4.81. The number of hydrogen-bond donors (Lipinski definition) is 2. The Bertz CT molecular complexity index is 742. The van der Waals surface area contributed by atoms with Gasteiger partial charge in [0.05, 0.1) is 12.2 Å². The van der Waals surface area contributed by atoms with Crippen LogP contribution in [0.25, 0.3) is 0 Å². The first-order valence-electron chi connectivity index (χ1n) is 6.89. The number of rotatable bonds is 5. The van der Waals surface area contributed by atoms with Gasteiger partial charge in [0, 0.05) is 23.5 Å². The predicted octanol–water partition coefficient (Wildman–Crippen LogP) is 2.83. The van der Waals surface area contributed by atoms with Crippen molar-refractivity contribution >= 4 is 17.6 Å². The number of aryl methyl sites for hydroxylation is 1. The molecule has 22 heavy (non-hydrogen) atoms. The number of pyridine rings is 1. The van der Waals surface area contributed by atoms with E-state index in [9.17, 15) is 0 Å². The van der Waals surface area contributed by atoms with Gasteiger partial charge in [-0.15, -0.1) is 0 Å². The molecule has 3 aromatic heterocycles. The molecule has 2 N–H and O–H groups in total. The van der Waals surface area contributed by atoms with Crippen molar-refractivity contribution in [2.45, 2.75) is 20.4 Å². The first kappa shape index (κ1) is 14.0. The molecule has 0 aliphatic carbocycles. The second-order valence-corrected chi connectivity index (χ2v) is 4.79. The van der Waals surface area contributed by atoms with E-state index in [-0.39, 0.29) is 0 Å². The van der Waals surface area contributed by atoms with E-state index in [0.717, 1.165) is 17.0 Å². The van der Waals surface area contributed by atoms with Crippen LogP contribution in [-0.4, -0.2) is 20.1 Å².